The predicted octanol–water partition coefficient (Wildman–Crippen LogP) is 0.341. The minimum atomic E-state index is -3.66. The van der Waals surface area contributed by atoms with Gasteiger partial charge in [0.25, 0.3) is 10.0 Å². The second kappa shape index (κ2) is 7.00. The summed E-state index contributed by atoms with van der Waals surface area (Å²) in [5.74, 6) is -1.85. The lowest BCUT2D eigenvalue weighted by molar-refractivity contribution is -0.143. The van der Waals surface area contributed by atoms with Crippen molar-refractivity contribution < 1.29 is 23.1 Å². The van der Waals surface area contributed by atoms with Crippen LogP contribution in [0, 0.1) is 5.92 Å². The predicted molar refractivity (Wildman–Crippen MR) is 87.2 cm³/mol. The molecule has 0 fully saturated rings. The number of sulfonamides is 1. The molecule has 24 heavy (non-hydrogen) atoms. The normalized spacial score (nSPS) is 19.2. The van der Waals surface area contributed by atoms with Crippen LogP contribution in [0.4, 0.5) is 0 Å². The van der Waals surface area contributed by atoms with E-state index in [-0.39, 0.29) is 23.2 Å². The smallest absolute Gasteiger partial charge is 0.326 e. The average molecular weight is 353 g/mol. The number of amidine groups is 1. The van der Waals surface area contributed by atoms with Crippen LogP contribution in [-0.4, -0.2) is 43.8 Å². The van der Waals surface area contributed by atoms with Gasteiger partial charge < -0.3 is 10.4 Å². The van der Waals surface area contributed by atoms with Crippen LogP contribution in [0.5, 0.6) is 0 Å². The van der Waals surface area contributed by atoms with Crippen LogP contribution in [0.1, 0.15) is 25.8 Å². The fraction of sp³-hybridized carbons (Fsp3) is 0.400. The van der Waals surface area contributed by atoms with Crippen molar-refractivity contribution >= 4 is 27.7 Å². The number of aliphatic imine (C=N–C) groups is 1. The van der Waals surface area contributed by atoms with Crippen molar-refractivity contribution in [3.05, 3.63) is 29.8 Å². The number of hydrogen-bond acceptors (Lipinski definition) is 5. The van der Waals surface area contributed by atoms with Crippen molar-refractivity contribution in [2.45, 2.75) is 31.2 Å². The molecule has 8 nitrogen and oxygen atoms in total. The number of nitrogens with zero attached hydrogens (tertiary/aromatic N) is 1. The number of carboxylic acids is 1. The Morgan fingerprint density at radius 3 is 2.62 bits per heavy atom. The molecule has 1 heterocycles. The molecule has 0 unspecified atom stereocenters. The van der Waals surface area contributed by atoms with Crippen molar-refractivity contribution in [1.29, 1.82) is 0 Å². The van der Waals surface area contributed by atoms with Gasteiger partial charge >= 0.3 is 5.97 Å². The SMILES string of the molecule is CC[C@H](C)[C@H](NC(=O)CN=C1NS(=O)(=O)c2ccccc21)C(=O)O. The second-order valence-corrected chi connectivity index (χ2v) is 7.19. The third-order valence-electron chi connectivity index (χ3n) is 3.84. The van der Waals surface area contributed by atoms with Crippen molar-refractivity contribution in [2.75, 3.05) is 6.54 Å². The van der Waals surface area contributed by atoms with Gasteiger partial charge in [-0.2, -0.15) is 0 Å². The van der Waals surface area contributed by atoms with Crippen molar-refractivity contribution in [2.24, 2.45) is 10.9 Å². The summed E-state index contributed by atoms with van der Waals surface area (Å²) in [7, 11) is -3.66. The Bertz CT molecular complexity index is 788. The number of rotatable bonds is 6. The van der Waals surface area contributed by atoms with Crippen LogP contribution in [-0.2, 0) is 19.6 Å². The quantitative estimate of drug-likeness (QED) is 0.680. The zero-order valence-corrected chi connectivity index (χ0v) is 14.1. The zero-order valence-electron chi connectivity index (χ0n) is 13.3. The number of aliphatic carboxylic acids is 1. The van der Waals surface area contributed by atoms with Crippen LogP contribution >= 0.6 is 0 Å². The summed E-state index contributed by atoms with van der Waals surface area (Å²) in [5.41, 5.74) is 0.391. The van der Waals surface area contributed by atoms with E-state index in [2.05, 4.69) is 15.0 Å². The molecule has 1 aliphatic rings. The first kappa shape index (κ1) is 17.9. The largest absolute Gasteiger partial charge is 0.480 e. The minimum Gasteiger partial charge on any atom is -0.480 e. The van der Waals surface area contributed by atoms with Gasteiger partial charge in [0.2, 0.25) is 5.91 Å². The van der Waals surface area contributed by atoms with Gasteiger partial charge in [-0.3, -0.25) is 14.5 Å². The highest BCUT2D eigenvalue weighted by Crippen LogP contribution is 2.22. The Morgan fingerprint density at radius 1 is 1.33 bits per heavy atom. The van der Waals surface area contributed by atoms with E-state index in [0.717, 1.165) is 0 Å². The third kappa shape index (κ3) is 3.73. The van der Waals surface area contributed by atoms with Crippen molar-refractivity contribution in [3.8, 4) is 0 Å². The van der Waals surface area contributed by atoms with Gasteiger partial charge in [0.15, 0.2) is 0 Å². The highest BCUT2D eigenvalue weighted by molar-refractivity contribution is 7.90. The summed E-state index contributed by atoms with van der Waals surface area (Å²) >= 11 is 0. The van der Waals surface area contributed by atoms with Gasteiger partial charge in [-0.25, -0.2) is 13.2 Å². The molecule has 0 bridgehead atoms. The van der Waals surface area contributed by atoms with Gasteiger partial charge in [-0.1, -0.05) is 32.4 Å². The molecule has 1 aromatic carbocycles. The maximum atomic E-state index is 11.9. The topological polar surface area (TPSA) is 125 Å². The van der Waals surface area contributed by atoms with Gasteiger partial charge in [-0.05, 0) is 18.1 Å². The van der Waals surface area contributed by atoms with Crippen LogP contribution in [0.15, 0.2) is 34.2 Å². The third-order valence-corrected chi connectivity index (χ3v) is 5.24. The molecule has 130 valence electrons. The number of carbonyl (C=O) groups excluding carboxylic acids is 1. The summed E-state index contributed by atoms with van der Waals surface area (Å²) in [6, 6.07) is 5.29. The van der Waals surface area contributed by atoms with Crippen molar-refractivity contribution in [3.63, 3.8) is 0 Å². The van der Waals surface area contributed by atoms with E-state index in [9.17, 15) is 18.0 Å². The number of benzene rings is 1. The molecule has 2 atom stereocenters. The van der Waals surface area contributed by atoms with Crippen LogP contribution in [0.25, 0.3) is 0 Å². The molecular weight excluding hydrogens is 334 g/mol. The summed E-state index contributed by atoms with van der Waals surface area (Å²) in [6.45, 7) is 3.19. The molecule has 0 aromatic heterocycles. The first-order chi connectivity index (χ1) is 11.3. The van der Waals surface area contributed by atoms with Gasteiger partial charge in [0.1, 0.15) is 18.4 Å². The van der Waals surface area contributed by atoms with E-state index in [4.69, 9.17) is 5.11 Å². The molecule has 0 spiro atoms. The first-order valence-electron chi connectivity index (χ1n) is 7.45. The van der Waals surface area contributed by atoms with Crippen LogP contribution in [0.2, 0.25) is 0 Å². The molecule has 0 radical (unpaired) electrons. The summed E-state index contributed by atoms with van der Waals surface area (Å²) in [4.78, 5) is 27.2. The Hall–Kier alpha value is -2.42. The number of carbonyl (C=O) groups is 2. The summed E-state index contributed by atoms with van der Waals surface area (Å²) < 4.78 is 26.2. The average Bonchev–Trinajstić information content (AvgIpc) is 2.81. The highest BCUT2D eigenvalue weighted by Gasteiger charge is 2.30. The van der Waals surface area contributed by atoms with E-state index < -0.39 is 27.9 Å². The number of fused-ring (bicyclic) bond motifs is 1. The van der Waals surface area contributed by atoms with E-state index in [1.807, 2.05) is 6.92 Å². The van der Waals surface area contributed by atoms with E-state index in [1.54, 1.807) is 25.1 Å². The Kier molecular flexibility index (Phi) is 5.23. The molecule has 2 rings (SSSR count). The standard InChI is InChI=1S/C15H19N3O5S/c1-3-9(2)13(15(20)21)17-12(19)8-16-14-10-6-4-5-7-11(10)24(22,23)18-14/h4-7,9,13H,3,8H2,1-2H3,(H,16,18)(H,17,19)(H,20,21)/t9-,13-/m0/s1. The molecule has 0 saturated carbocycles. The number of nitrogens with one attached hydrogen (secondary N) is 2. The second-order valence-electron chi connectivity index (χ2n) is 5.54. The molecule has 3 N–H and O–H groups in total. The lowest BCUT2D eigenvalue weighted by Crippen LogP contribution is -2.46. The maximum absolute atomic E-state index is 11.9. The molecule has 0 aliphatic carbocycles. The van der Waals surface area contributed by atoms with E-state index in [1.165, 1.54) is 6.07 Å². The monoisotopic (exact) mass is 353 g/mol. The first-order valence-corrected chi connectivity index (χ1v) is 8.93. The Labute approximate surface area is 140 Å². The van der Waals surface area contributed by atoms with E-state index >= 15 is 0 Å². The number of hydrogen-bond donors (Lipinski definition) is 3. The van der Waals surface area contributed by atoms with Gasteiger partial charge in [0, 0.05) is 5.56 Å². The Balaban J connectivity index is 2.12. The number of amides is 1. The number of carboxylic acid groups (broad SMARTS) is 1. The fourth-order valence-corrected chi connectivity index (χ4v) is 3.56. The lowest BCUT2D eigenvalue weighted by atomic mass is 9.99. The Morgan fingerprint density at radius 2 is 2.00 bits per heavy atom. The fourth-order valence-electron chi connectivity index (χ4n) is 2.30. The molecule has 1 amide bonds. The van der Waals surface area contributed by atoms with Gasteiger partial charge in [-0.15, -0.1) is 0 Å². The molecule has 9 heteroatoms. The molecule has 1 aliphatic heterocycles. The van der Waals surface area contributed by atoms with Crippen molar-refractivity contribution in [1.82, 2.24) is 10.0 Å². The zero-order chi connectivity index (χ0) is 17.9. The lowest BCUT2D eigenvalue weighted by Gasteiger charge is -2.19. The summed E-state index contributed by atoms with van der Waals surface area (Å²) in [6.07, 6.45) is 0.596. The van der Waals surface area contributed by atoms with Crippen LogP contribution in [0.3, 0.4) is 0 Å². The van der Waals surface area contributed by atoms with Gasteiger partial charge in [0.05, 0.1) is 4.90 Å². The highest BCUT2D eigenvalue weighted by atomic mass is 32.2. The maximum Gasteiger partial charge on any atom is 0.326 e. The van der Waals surface area contributed by atoms with Crippen LogP contribution < -0.4 is 10.0 Å². The molecule has 0 saturated heterocycles. The summed E-state index contributed by atoms with van der Waals surface area (Å²) in [5, 5.41) is 11.6. The molecular formula is C15H19N3O5S. The van der Waals surface area contributed by atoms with E-state index in [0.29, 0.717) is 12.0 Å². The molecule has 1 aromatic rings. The minimum absolute atomic E-state index is 0.0798.